The molecule has 0 saturated carbocycles. The number of aliphatic hydroxyl groups is 2. The maximum absolute atomic E-state index is 13.6. The minimum Gasteiger partial charge on any atom is -0.393 e. The molecule has 0 spiro atoms. The monoisotopic (exact) mass is 544 g/mol. The molecule has 190 valence electrons. The first-order valence-electron chi connectivity index (χ1n) is 9.29. The summed E-state index contributed by atoms with van der Waals surface area (Å²) in [6.07, 6.45) is -4.90. The molecule has 8 nitrogen and oxygen atoms in total. The molecule has 0 unspecified atom stereocenters. The minimum absolute atomic E-state index is 0.107. The predicted molar refractivity (Wildman–Crippen MR) is 106 cm³/mol. The molecule has 0 aromatic heterocycles. The number of hydrogen-bond donors (Lipinski definition) is 2. The molecule has 1 aliphatic heterocycles. The second-order valence-corrected chi connectivity index (χ2v) is 11.6. The Morgan fingerprint density at radius 1 is 1.09 bits per heavy atom. The van der Waals surface area contributed by atoms with Gasteiger partial charge >= 0.3 is 6.18 Å². The van der Waals surface area contributed by atoms with Crippen molar-refractivity contribution in [1.29, 1.82) is 0 Å². The van der Waals surface area contributed by atoms with Crippen LogP contribution in [0.15, 0.2) is 40.1 Å². The van der Waals surface area contributed by atoms with Gasteiger partial charge in [0.25, 0.3) is 0 Å². The fourth-order valence-corrected chi connectivity index (χ4v) is 7.23. The van der Waals surface area contributed by atoms with E-state index in [4.69, 9.17) is 6.57 Å². The number of β-amino-alcohol motifs (C(OH)–C–C–N with tert-alkyl or cyclic N) is 1. The quantitative estimate of drug-likeness (QED) is 0.258. The number of aliphatic hydroxyl groups excluding tert-OH is 1. The number of alkyl halides is 3. The Balaban J connectivity index is 2.08. The van der Waals surface area contributed by atoms with E-state index in [1.54, 1.807) is 0 Å². The number of benzene rings is 2. The number of sulfone groups is 1. The van der Waals surface area contributed by atoms with Crippen LogP contribution in [0.25, 0.3) is 4.85 Å². The van der Waals surface area contributed by atoms with E-state index in [0.717, 1.165) is 0 Å². The van der Waals surface area contributed by atoms with E-state index in [-0.39, 0.29) is 18.2 Å². The third-order valence-electron chi connectivity index (χ3n) is 5.38. The fourth-order valence-electron chi connectivity index (χ4n) is 3.55. The highest BCUT2D eigenvalue weighted by Crippen LogP contribution is 2.39. The molecule has 1 saturated heterocycles. The molecule has 3 rings (SSSR count). The number of nitrogens with zero attached hydrogens (tertiary/aromatic N) is 2. The van der Waals surface area contributed by atoms with E-state index in [9.17, 15) is 53.4 Å². The highest BCUT2D eigenvalue weighted by molar-refractivity contribution is 7.92. The molecule has 1 fully saturated rings. The number of rotatable bonds is 5. The molecule has 35 heavy (non-hydrogen) atoms. The lowest BCUT2D eigenvalue weighted by molar-refractivity contribution is -0.137. The van der Waals surface area contributed by atoms with Crippen molar-refractivity contribution in [3.05, 3.63) is 64.8 Å². The molecule has 2 aromatic carbocycles. The van der Waals surface area contributed by atoms with Crippen LogP contribution < -0.4 is 0 Å². The summed E-state index contributed by atoms with van der Waals surface area (Å²) < 4.78 is 132. The van der Waals surface area contributed by atoms with E-state index in [1.807, 2.05) is 0 Å². The highest BCUT2D eigenvalue weighted by atomic mass is 32.2. The average Bonchev–Trinajstić information content (AvgIpc) is 3.15. The summed E-state index contributed by atoms with van der Waals surface area (Å²) in [6.45, 7) is 3.49. The van der Waals surface area contributed by atoms with Gasteiger partial charge in [0.1, 0.15) is 10.9 Å². The SMILES string of the molecule is [C-]#[N+]c1cc(C(F)(F)F)ccc1S(=O)(=O)N1C[C@H](S(=O)(=O)c2cc(F)c(F)c(F)c2)[C@](O)(CO)C1. The van der Waals surface area contributed by atoms with Crippen molar-refractivity contribution in [3.63, 3.8) is 0 Å². The van der Waals surface area contributed by atoms with E-state index >= 15 is 0 Å². The number of hydrogen-bond acceptors (Lipinski definition) is 6. The minimum atomic E-state index is -5.01. The molecule has 2 aromatic rings. The van der Waals surface area contributed by atoms with Crippen LogP contribution in [0.1, 0.15) is 5.56 Å². The second kappa shape index (κ2) is 8.75. The third-order valence-corrected chi connectivity index (χ3v) is 9.47. The maximum atomic E-state index is 13.6. The average molecular weight is 544 g/mol. The van der Waals surface area contributed by atoms with Gasteiger partial charge in [-0.25, -0.2) is 34.9 Å². The molecular formula is C19H14F6N2O6S2. The van der Waals surface area contributed by atoms with Crippen molar-refractivity contribution >= 4 is 25.5 Å². The first kappa shape index (κ1) is 26.9. The third kappa shape index (κ3) is 4.61. The molecule has 16 heteroatoms. The van der Waals surface area contributed by atoms with Gasteiger partial charge in [0.2, 0.25) is 15.7 Å². The van der Waals surface area contributed by atoms with Gasteiger partial charge in [-0.15, -0.1) is 0 Å². The molecule has 2 atom stereocenters. The van der Waals surface area contributed by atoms with Crippen molar-refractivity contribution in [1.82, 2.24) is 4.31 Å². The largest absolute Gasteiger partial charge is 0.415 e. The molecular weight excluding hydrogens is 530 g/mol. The van der Waals surface area contributed by atoms with Crippen molar-refractivity contribution in [2.24, 2.45) is 0 Å². The van der Waals surface area contributed by atoms with Crippen LogP contribution in [0.4, 0.5) is 32.0 Å². The Labute approximate surface area is 194 Å². The van der Waals surface area contributed by atoms with Gasteiger partial charge in [0.15, 0.2) is 27.3 Å². The molecule has 0 radical (unpaired) electrons. The summed E-state index contributed by atoms with van der Waals surface area (Å²) in [7, 11) is -9.92. The lowest BCUT2D eigenvalue weighted by Crippen LogP contribution is -2.49. The first-order valence-corrected chi connectivity index (χ1v) is 12.3. The molecule has 2 N–H and O–H groups in total. The summed E-state index contributed by atoms with van der Waals surface area (Å²) >= 11 is 0. The molecule has 1 aliphatic rings. The van der Waals surface area contributed by atoms with Crippen LogP contribution in [-0.2, 0) is 26.0 Å². The Morgan fingerprint density at radius 2 is 1.66 bits per heavy atom. The first-order chi connectivity index (χ1) is 16.0. The summed E-state index contributed by atoms with van der Waals surface area (Å²) in [5, 5.41) is 18.1. The lowest BCUT2D eigenvalue weighted by Gasteiger charge is -2.26. The maximum Gasteiger partial charge on any atom is 0.415 e. The molecule has 0 aliphatic carbocycles. The van der Waals surface area contributed by atoms with Crippen LogP contribution >= 0.6 is 0 Å². The number of sulfonamides is 1. The zero-order valence-electron chi connectivity index (χ0n) is 17.1. The zero-order valence-corrected chi connectivity index (χ0v) is 18.7. The van der Waals surface area contributed by atoms with Gasteiger partial charge < -0.3 is 10.2 Å². The lowest BCUT2D eigenvalue weighted by atomic mass is 10.1. The Morgan fingerprint density at radius 3 is 2.14 bits per heavy atom. The van der Waals surface area contributed by atoms with Crippen LogP contribution in [0.2, 0.25) is 0 Å². The van der Waals surface area contributed by atoms with Crippen LogP contribution in [-0.4, -0.2) is 61.9 Å². The van der Waals surface area contributed by atoms with Crippen LogP contribution in [0, 0.1) is 24.0 Å². The van der Waals surface area contributed by atoms with Gasteiger partial charge in [0.05, 0.1) is 23.0 Å². The van der Waals surface area contributed by atoms with Crippen LogP contribution in [0.3, 0.4) is 0 Å². The summed E-state index contributed by atoms with van der Waals surface area (Å²) in [4.78, 5) is 0.693. The van der Waals surface area contributed by atoms with Crippen molar-refractivity contribution < 1.29 is 53.4 Å². The Kier molecular flexibility index (Phi) is 6.72. The Bertz CT molecular complexity index is 1420. The van der Waals surface area contributed by atoms with Gasteiger partial charge in [-0.2, -0.15) is 17.5 Å². The van der Waals surface area contributed by atoms with E-state index < -0.39 is 95.1 Å². The fraction of sp³-hybridized carbons (Fsp3) is 0.316. The van der Waals surface area contributed by atoms with E-state index in [1.165, 1.54) is 0 Å². The van der Waals surface area contributed by atoms with Gasteiger partial charge in [0, 0.05) is 18.7 Å². The Hall–Kier alpha value is -2.71. The zero-order chi connectivity index (χ0) is 26.6. The summed E-state index contributed by atoms with van der Waals surface area (Å²) in [6, 6.07) is 1.35. The van der Waals surface area contributed by atoms with Crippen molar-refractivity contribution in [2.45, 2.75) is 26.8 Å². The van der Waals surface area contributed by atoms with Crippen LogP contribution in [0.5, 0.6) is 0 Å². The van der Waals surface area contributed by atoms with E-state index in [0.29, 0.717) is 16.4 Å². The van der Waals surface area contributed by atoms with Gasteiger partial charge in [-0.3, -0.25) is 0 Å². The topological polar surface area (TPSA) is 116 Å². The van der Waals surface area contributed by atoms with E-state index in [2.05, 4.69) is 4.85 Å². The van der Waals surface area contributed by atoms with Gasteiger partial charge in [-0.1, -0.05) is 12.1 Å². The highest BCUT2D eigenvalue weighted by Gasteiger charge is 2.55. The standard InChI is InChI=1S/C19H14F6N2O6S2/c1-26-14-4-10(19(23,24)25)2-3-15(14)35(32,33)27-7-16(18(29,8-27)9-28)34(30,31)11-5-12(20)17(22)13(21)6-11/h2-6,16,28-29H,7-9H2/t16-,18+/m0/s1. The number of halogens is 6. The van der Waals surface area contributed by atoms with Crippen molar-refractivity contribution in [2.75, 3.05) is 19.7 Å². The molecule has 0 bridgehead atoms. The predicted octanol–water partition coefficient (Wildman–Crippen LogP) is 2.24. The smallest absolute Gasteiger partial charge is 0.393 e. The normalized spacial score (nSPS) is 21.7. The summed E-state index contributed by atoms with van der Waals surface area (Å²) in [5.41, 5.74) is -4.99. The van der Waals surface area contributed by atoms with Crippen molar-refractivity contribution in [3.8, 4) is 0 Å². The molecule has 0 amide bonds. The van der Waals surface area contributed by atoms with Gasteiger partial charge in [-0.05, 0) is 18.2 Å². The summed E-state index contributed by atoms with van der Waals surface area (Å²) in [5.74, 6) is -5.75. The molecule has 1 heterocycles. The second-order valence-electron chi connectivity index (χ2n) is 7.59.